The maximum absolute atomic E-state index is 12.8. The van der Waals surface area contributed by atoms with Gasteiger partial charge in [0.15, 0.2) is 5.58 Å². The number of aromatic nitrogens is 1. The number of sulfonamides is 1. The molecule has 174 valence electrons. The zero-order valence-corrected chi connectivity index (χ0v) is 20.2. The number of hydrogen-bond acceptors (Lipinski definition) is 8. The highest BCUT2D eigenvalue weighted by Crippen LogP contribution is 2.29. The summed E-state index contributed by atoms with van der Waals surface area (Å²) >= 11 is 1.06. The first-order valence-corrected chi connectivity index (χ1v) is 12.5. The van der Waals surface area contributed by atoms with E-state index in [4.69, 9.17) is 9.15 Å². The molecule has 0 aliphatic carbocycles. The molecule has 1 amide bonds. The highest BCUT2D eigenvalue weighted by molar-refractivity contribution is 7.99. The lowest BCUT2D eigenvalue weighted by molar-refractivity contribution is -0.120. The topological polar surface area (TPSA) is 134 Å². The molecule has 3 rings (SSSR count). The molecular formula is C22H24N4O5S2. The number of para-hydroxylation sites is 2. The number of nitriles is 1. The van der Waals surface area contributed by atoms with Gasteiger partial charge < -0.3 is 14.5 Å². The van der Waals surface area contributed by atoms with E-state index in [-0.39, 0.29) is 27.7 Å². The van der Waals surface area contributed by atoms with Gasteiger partial charge in [0.2, 0.25) is 5.91 Å². The largest absolute Gasteiger partial charge is 0.495 e. The molecule has 0 saturated carbocycles. The fourth-order valence-electron chi connectivity index (χ4n) is 2.80. The number of benzene rings is 2. The zero-order valence-electron chi connectivity index (χ0n) is 18.6. The van der Waals surface area contributed by atoms with Gasteiger partial charge in [-0.05, 0) is 43.2 Å². The normalized spacial score (nSPS) is 13.3. The minimum absolute atomic E-state index is 0.00265. The third-order valence-corrected chi connectivity index (χ3v) is 7.31. The van der Waals surface area contributed by atoms with Gasteiger partial charge in [0, 0.05) is 0 Å². The number of ether oxygens (including phenoxy) is 1. The molecule has 1 atom stereocenters. The standard InChI is InChI=1S/C22H24N4O5S2/c1-14(2)22(3,13-23)25-20(27)12-32-21-24-17-11-15(9-10-19(17)31-21)33(28,29)26-16-7-5-6-8-18(16)30-4/h5-11,14,26H,12H2,1-4H3,(H,25,27). The molecule has 0 radical (unpaired) electrons. The number of oxazole rings is 1. The summed E-state index contributed by atoms with van der Waals surface area (Å²) in [6, 6.07) is 13.1. The molecule has 11 heteroatoms. The van der Waals surface area contributed by atoms with Crippen LogP contribution in [0.3, 0.4) is 0 Å². The number of amides is 1. The lowest BCUT2D eigenvalue weighted by Gasteiger charge is -2.27. The van der Waals surface area contributed by atoms with Gasteiger partial charge in [-0.2, -0.15) is 5.26 Å². The van der Waals surface area contributed by atoms with Crippen molar-refractivity contribution in [1.82, 2.24) is 10.3 Å². The second-order valence-electron chi connectivity index (χ2n) is 7.72. The molecule has 0 bridgehead atoms. The summed E-state index contributed by atoms with van der Waals surface area (Å²) in [4.78, 5) is 16.6. The number of carbonyl (C=O) groups excluding carboxylic acids is 1. The van der Waals surface area contributed by atoms with Crippen LogP contribution >= 0.6 is 11.8 Å². The number of nitrogens with one attached hydrogen (secondary N) is 2. The van der Waals surface area contributed by atoms with Crippen LogP contribution in [0.25, 0.3) is 11.1 Å². The Kier molecular flexibility index (Phi) is 7.19. The monoisotopic (exact) mass is 488 g/mol. The number of nitrogens with zero attached hydrogens (tertiary/aromatic N) is 2. The predicted molar refractivity (Wildman–Crippen MR) is 126 cm³/mol. The van der Waals surface area contributed by atoms with Crippen molar-refractivity contribution in [3.8, 4) is 11.8 Å². The molecule has 1 heterocycles. The number of anilines is 1. The Morgan fingerprint density at radius 2 is 2.03 bits per heavy atom. The van der Waals surface area contributed by atoms with Crippen LogP contribution in [-0.4, -0.2) is 37.7 Å². The van der Waals surface area contributed by atoms with E-state index in [1.54, 1.807) is 31.2 Å². The summed E-state index contributed by atoms with van der Waals surface area (Å²) in [6.07, 6.45) is 0. The highest BCUT2D eigenvalue weighted by atomic mass is 32.2. The Labute approximate surface area is 196 Å². The molecule has 0 fully saturated rings. The highest BCUT2D eigenvalue weighted by Gasteiger charge is 2.30. The van der Waals surface area contributed by atoms with Gasteiger partial charge in [-0.1, -0.05) is 37.7 Å². The van der Waals surface area contributed by atoms with Gasteiger partial charge in [-0.25, -0.2) is 13.4 Å². The second kappa shape index (κ2) is 9.72. The van der Waals surface area contributed by atoms with Crippen molar-refractivity contribution >= 4 is 44.5 Å². The lowest BCUT2D eigenvalue weighted by Crippen LogP contribution is -2.49. The van der Waals surface area contributed by atoms with E-state index < -0.39 is 15.6 Å². The van der Waals surface area contributed by atoms with Gasteiger partial charge >= 0.3 is 0 Å². The van der Waals surface area contributed by atoms with Crippen molar-refractivity contribution in [2.24, 2.45) is 5.92 Å². The van der Waals surface area contributed by atoms with Crippen molar-refractivity contribution in [3.63, 3.8) is 0 Å². The minimum atomic E-state index is -3.90. The smallest absolute Gasteiger partial charge is 0.262 e. The maximum Gasteiger partial charge on any atom is 0.262 e. The zero-order chi connectivity index (χ0) is 24.2. The number of hydrogen-bond donors (Lipinski definition) is 2. The molecule has 2 aromatic carbocycles. The maximum atomic E-state index is 12.8. The van der Waals surface area contributed by atoms with Crippen molar-refractivity contribution in [3.05, 3.63) is 42.5 Å². The first-order valence-electron chi connectivity index (χ1n) is 9.99. The molecule has 1 aromatic heterocycles. The van der Waals surface area contributed by atoms with E-state index in [0.29, 0.717) is 22.5 Å². The third-order valence-electron chi connectivity index (χ3n) is 5.11. The van der Waals surface area contributed by atoms with E-state index in [1.807, 2.05) is 13.8 Å². The Bertz CT molecular complexity index is 1310. The predicted octanol–water partition coefficient (Wildman–Crippen LogP) is 3.78. The average molecular weight is 489 g/mol. The average Bonchev–Trinajstić information content (AvgIpc) is 3.20. The van der Waals surface area contributed by atoms with Gasteiger partial charge in [0.05, 0.1) is 29.5 Å². The Morgan fingerprint density at radius 1 is 1.30 bits per heavy atom. The minimum Gasteiger partial charge on any atom is -0.495 e. The van der Waals surface area contributed by atoms with Crippen molar-refractivity contribution in [2.75, 3.05) is 17.6 Å². The number of rotatable bonds is 9. The van der Waals surface area contributed by atoms with Crippen LogP contribution in [0.2, 0.25) is 0 Å². The Hall–Kier alpha value is -3.23. The number of methoxy groups -OCH3 is 1. The van der Waals surface area contributed by atoms with Crippen LogP contribution in [0.1, 0.15) is 20.8 Å². The van der Waals surface area contributed by atoms with Crippen LogP contribution in [0, 0.1) is 17.2 Å². The lowest BCUT2D eigenvalue weighted by atomic mass is 9.90. The molecule has 1 unspecified atom stereocenters. The van der Waals surface area contributed by atoms with E-state index >= 15 is 0 Å². The van der Waals surface area contributed by atoms with Crippen LogP contribution in [0.4, 0.5) is 5.69 Å². The summed E-state index contributed by atoms with van der Waals surface area (Å²) in [5.41, 5.74) is 0.0627. The molecule has 9 nitrogen and oxygen atoms in total. The van der Waals surface area contributed by atoms with Gasteiger partial charge in [0.1, 0.15) is 16.8 Å². The number of carbonyl (C=O) groups is 1. The molecule has 2 N–H and O–H groups in total. The SMILES string of the molecule is COc1ccccc1NS(=O)(=O)c1ccc2oc(SCC(=O)NC(C)(C#N)C(C)C)nc2c1. The molecule has 0 aliphatic heterocycles. The van der Waals surface area contributed by atoms with Gasteiger partial charge in [0.25, 0.3) is 15.2 Å². The first kappa shape index (κ1) is 24.4. The fourth-order valence-corrected chi connectivity index (χ4v) is 4.53. The fraction of sp³-hybridized carbons (Fsp3) is 0.318. The summed E-state index contributed by atoms with van der Waals surface area (Å²) < 4.78 is 39.0. The first-order chi connectivity index (χ1) is 15.6. The molecule has 0 saturated heterocycles. The van der Waals surface area contributed by atoms with Crippen LogP contribution < -0.4 is 14.8 Å². The number of thioether (sulfide) groups is 1. The van der Waals surface area contributed by atoms with Crippen molar-refractivity contribution < 1.29 is 22.4 Å². The van der Waals surface area contributed by atoms with Gasteiger partial charge in [-0.3, -0.25) is 9.52 Å². The van der Waals surface area contributed by atoms with E-state index in [1.165, 1.54) is 25.3 Å². The molecule has 33 heavy (non-hydrogen) atoms. The van der Waals surface area contributed by atoms with Gasteiger partial charge in [-0.15, -0.1) is 0 Å². The summed E-state index contributed by atoms with van der Waals surface area (Å²) in [7, 11) is -2.44. The second-order valence-corrected chi connectivity index (χ2v) is 10.3. The van der Waals surface area contributed by atoms with Crippen molar-refractivity contribution in [1.29, 1.82) is 5.26 Å². The van der Waals surface area contributed by atoms with Crippen molar-refractivity contribution in [2.45, 2.75) is 36.4 Å². The summed E-state index contributed by atoms with van der Waals surface area (Å²) in [5, 5.41) is 12.3. The van der Waals surface area contributed by atoms with Crippen LogP contribution in [0.15, 0.2) is 57.0 Å². The third kappa shape index (κ3) is 5.58. The summed E-state index contributed by atoms with van der Waals surface area (Å²) in [5.74, 6) is -0.00228. The van der Waals surface area contributed by atoms with E-state index in [0.717, 1.165) is 11.8 Å². The van der Waals surface area contributed by atoms with E-state index in [2.05, 4.69) is 21.1 Å². The molecule has 0 spiro atoms. The van der Waals surface area contributed by atoms with E-state index in [9.17, 15) is 18.5 Å². The molecule has 0 aliphatic rings. The Balaban J connectivity index is 1.74. The molecular weight excluding hydrogens is 464 g/mol. The van der Waals surface area contributed by atoms with Crippen LogP contribution in [-0.2, 0) is 14.8 Å². The van der Waals surface area contributed by atoms with Crippen LogP contribution in [0.5, 0.6) is 5.75 Å². The Morgan fingerprint density at radius 3 is 2.70 bits per heavy atom. The molecule has 3 aromatic rings. The number of fused-ring (bicyclic) bond motifs is 1. The summed E-state index contributed by atoms with van der Waals surface area (Å²) in [6.45, 7) is 5.37. The quantitative estimate of drug-likeness (QED) is 0.435.